The third-order valence-electron chi connectivity index (χ3n) is 4.42. The number of nitrogens with two attached hydrogens (primary N) is 1. The third-order valence-corrected chi connectivity index (χ3v) is 6.23. The number of amides is 1. The smallest absolute Gasteiger partial charge is 0.404 e. The summed E-state index contributed by atoms with van der Waals surface area (Å²) in [6.07, 6.45) is -3.68. The fourth-order valence-electron chi connectivity index (χ4n) is 2.89. The van der Waals surface area contributed by atoms with Gasteiger partial charge in [-0.15, -0.1) is 0 Å². The minimum Gasteiger partial charge on any atom is -0.443 e. The molecule has 0 aliphatic heterocycles. The molecule has 2 rings (SSSR count). The highest BCUT2D eigenvalue weighted by atomic mass is 32.2. The second kappa shape index (κ2) is 10.6. The molecule has 0 saturated carbocycles. The van der Waals surface area contributed by atoms with Crippen molar-refractivity contribution < 1.29 is 31.8 Å². The lowest BCUT2D eigenvalue weighted by molar-refractivity contribution is 0.00722. The van der Waals surface area contributed by atoms with Crippen LogP contribution in [-0.4, -0.2) is 56.8 Å². The number of carbonyl (C=O) groups excluding carboxylic acids is 1. The molecule has 2 aromatic rings. The molecule has 8 nitrogen and oxygen atoms in total. The van der Waals surface area contributed by atoms with E-state index in [2.05, 4.69) is 5.32 Å². The summed E-state index contributed by atoms with van der Waals surface area (Å²) in [7, 11) is -0.725. The van der Waals surface area contributed by atoms with Crippen molar-refractivity contribution in [2.45, 2.75) is 30.1 Å². The molecule has 0 radical (unpaired) electrons. The number of primary amides is 1. The van der Waals surface area contributed by atoms with E-state index in [4.69, 9.17) is 10.5 Å². The lowest BCUT2D eigenvalue weighted by Crippen LogP contribution is -2.41. The fraction of sp³-hybridized carbons (Fsp3) is 0.350. The molecule has 0 aromatic heterocycles. The van der Waals surface area contributed by atoms with Crippen LogP contribution in [0.3, 0.4) is 0 Å². The van der Waals surface area contributed by atoms with Gasteiger partial charge in [-0.25, -0.2) is 26.3 Å². The van der Waals surface area contributed by atoms with Crippen LogP contribution in [0, 0.1) is 11.6 Å². The van der Waals surface area contributed by atoms with Crippen LogP contribution in [0.5, 0.6) is 0 Å². The Morgan fingerprint density at radius 1 is 1.16 bits per heavy atom. The highest BCUT2D eigenvalue weighted by Crippen LogP contribution is 2.16. The number of nitrogens with one attached hydrogen (secondary N) is 1. The Kier molecular flexibility index (Phi) is 8.45. The third kappa shape index (κ3) is 7.24. The number of rotatable bonds is 10. The summed E-state index contributed by atoms with van der Waals surface area (Å²) in [5.74, 6) is -1.60. The van der Waals surface area contributed by atoms with Crippen molar-refractivity contribution in [3.63, 3.8) is 0 Å². The first-order valence-electron chi connectivity index (χ1n) is 9.30. The summed E-state index contributed by atoms with van der Waals surface area (Å²) in [5, 5.41) is 13.3. The number of halogens is 2. The molecule has 0 bridgehead atoms. The first-order chi connectivity index (χ1) is 14.5. The van der Waals surface area contributed by atoms with E-state index in [0.717, 1.165) is 16.4 Å². The Hall–Kier alpha value is -2.60. The van der Waals surface area contributed by atoms with Gasteiger partial charge in [-0.2, -0.15) is 0 Å². The number of sulfonamides is 1. The summed E-state index contributed by atoms with van der Waals surface area (Å²) in [6.45, 7) is 0.159. The molecule has 170 valence electrons. The molecule has 2 atom stereocenters. The van der Waals surface area contributed by atoms with Crippen molar-refractivity contribution in [3.8, 4) is 0 Å². The van der Waals surface area contributed by atoms with E-state index < -0.39 is 40.0 Å². The van der Waals surface area contributed by atoms with Gasteiger partial charge in [-0.1, -0.05) is 12.1 Å². The second-order valence-electron chi connectivity index (χ2n) is 7.09. The summed E-state index contributed by atoms with van der Waals surface area (Å²) < 4.78 is 57.3. The van der Waals surface area contributed by atoms with Crippen LogP contribution >= 0.6 is 0 Å². The van der Waals surface area contributed by atoms with Gasteiger partial charge in [0.25, 0.3) is 0 Å². The number of aliphatic hydroxyl groups excluding tert-OH is 1. The van der Waals surface area contributed by atoms with Crippen molar-refractivity contribution in [2.24, 2.45) is 5.73 Å². The Morgan fingerprint density at radius 2 is 1.81 bits per heavy atom. The van der Waals surface area contributed by atoms with Crippen LogP contribution in [0.1, 0.15) is 11.1 Å². The Morgan fingerprint density at radius 3 is 2.39 bits per heavy atom. The van der Waals surface area contributed by atoms with Crippen LogP contribution in [0.4, 0.5) is 13.6 Å². The molecule has 0 saturated heterocycles. The van der Waals surface area contributed by atoms with E-state index in [1.807, 2.05) is 0 Å². The van der Waals surface area contributed by atoms with Crippen LogP contribution < -0.4 is 11.1 Å². The predicted molar refractivity (Wildman–Crippen MR) is 110 cm³/mol. The van der Waals surface area contributed by atoms with Gasteiger partial charge < -0.3 is 20.9 Å². The average molecular weight is 457 g/mol. The summed E-state index contributed by atoms with van der Waals surface area (Å²) >= 11 is 0. The summed E-state index contributed by atoms with van der Waals surface area (Å²) in [6, 6.07) is 9.12. The lowest BCUT2D eigenvalue weighted by atomic mass is 10.0. The predicted octanol–water partition coefficient (Wildman–Crippen LogP) is 1.37. The van der Waals surface area contributed by atoms with Crippen LogP contribution in [-0.2, 0) is 27.7 Å². The van der Waals surface area contributed by atoms with Gasteiger partial charge in [0.1, 0.15) is 23.8 Å². The average Bonchev–Trinajstić information content (AvgIpc) is 2.66. The topological polar surface area (TPSA) is 122 Å². The van der Waals surface area contributed by atoms with Crippen LogP contribution in [0.2, 0.25) is 0 Å². The SMILES string of the molecule is CN(C)S(=O)(=O)c1cccc(CNC[C@@H](O)[C@H](Cc2cc(F)cc(F)c2)OC(N)=O)c1. The van der Waals surface area contributed by atoms with Gasteiger partial charge in [0.15, 0.2) is 0 Å². The van der Waals surface area contributed by atoms with Gasteiger partial charge in [0.05, 0.1) is 4.90 Å². The Bertz CT molecular complexity index is 997. The molecule has 11 heteroatoms. The molecule has 0 aliphatic carbocycles. The number of hydrogen-bond donors (Lipinski definition) is 3. The molecular formula is C20H25F2N3O5S. The molecular weight excluding hydrogens is 432 g/mol. The van der Waals surface area contributed by atoms with Crippen molar-refractivity contribution >= 4 is 16.1 Å². The molecule has 0 fully saturated rings. The number of hydrogen-bond acceptors (Lipinski definition) is 6. The van der Waals surface area contributed by atoms with E-state index in [9.17, 15) is 27.1 Å². The van der Waals surface area contributed by atoms with E-state index in [0.29, 0.717) is 11.6 Å². The number of benzene rings is 2. The Labute approximate surface area is 179 Å². The molecule has 0 spiro atoms. The van der Waals surface area contributed by atoms with Crippen LogP contribution in [0.25, 0.3) is 0 Å². The second-order valence-corrected chi connectivity index (χ2v) is 9.24. The van der Waals surface area contributed by atoms with Gasteiger partial charge in [-0.3, -0.25) is 0 Å². The molecule has 0 aliphatic rings. The molecule has 4 N–H and O–H groups in total. The van der Waals surface area contributed by atoms with Gasteiger partial charge in [0, 0.05) is 39.7 Å². The highest BCUT2D eigenvalue weighted by molar-refractivity contribution is 7.89. The van der Waals surface area contributed by atoms with E-state index in [1.54, 1.807) is 12.1 Å². The number of nitrogens with zero attached hydrogens (tertiary/aromatic N) is 1. The molecule has 0 unspecified atom stereocenters. The molecule has 31 heavy (non-hydrogen) atoms. The lowest BCUT2D eigenvalue weighted by Gasteiger charge is -2.23. The van der Waals surface area contributed by atoms with Crippen LogP contribution in [0.15, 0.2) is 47.4 Å². The highest BCUT2D eigenvalue weighted by Gasteiger charge is 2.24. The molecule has 1 amide bonds. The number of ether oxygens (including phenoxy) is 1. The maximum absolute atomic E-state index is 13.4. The van der Waals surface area contributed by atoms with Gasteiger partial charge in [0.2, 0.25) is 10.0 Å². The quantitative estimate of drug-likeness (QED) is 0.495. The minimum atomic E-state index is -3.59. The van der Waals surface area contributed by atoms with Gasteiger partial charge in [-0.05, 0) is 35.4 Å². The number of aliphatic hydroxyl groups is 1. The molecule has 0 heterocycles. The van der Waals surface area contributed by atoms with E-state index in [1.165, 1.54) is 26.2 Å². The number of carbonyl (C=O) groups is 1. The normalized spacial score (nSPS) is 13.7. The standard InChI is InChI=1S/C20H25F2N3O5S/c1-25(2)31(28,29)17-5-3-4-13(8-17)11-24-12-18(26)19(30-20(23)27)9-14-6-15(21)10-16(22)7-14/h3-8,10,18-19,24,26H,9,11-12H2,1-2H3,(H2,23,27)/t18-,19+/m1/s1. The van der Waals surface area contributed by atoms with Crippen molar-refractivity contribution in [3.05, 3.63) is 65.2 Å². The summed E-state index contributed by atoms with van der Waals surface area (Å²) in [4.78, 5) is 11.3. The zero-order valence-electron chi connectivity index (χ0n) is 17.1. The van der Waals surface area contributed by atoms with Gasteiger partial charge >= 0.3 is 6.09 Å². The molecule has 2 aromatic carbocycles. The largest absolute Gasteiger partial charge is 0.443 e. The zero-order valence-corrected chi connectivity index (χ0v) is 17.9. The van der Waals surface area contributed by atoms with E-state index >= 15 is 0 Å². The first-order valence-corrected chi connectivity index (χ1v) is 10.7. The fourth-order valence-corrected chi connectivity index (χ4v) is 3.86. The minimum absolute atomic E-state index is 0.0552. The van der Waals surface area contributed by atoms with Crippen molar-refractivity contribution in [2.75, 3.05) is 20.6 Å². The summed E-state index contributed by atoms with van der Waals surface area (Å²) in [5.41, 5.74) is 5.88. The van der Waals surface area contributed by atoms with Crippen molar-refractivity contribution in [1.29, 1.82) is 0 Å². The first kappa shape index (κ1) is 24.7. The maximum Gasteiger partial charge on any atom is 0.404 e. The maximum atomic E-state index is 13.4. The van der Waals surface area contributed by atoms with E-state index in [-0.39, 0.29) is 30.0 Å². The Balaban J connectivity index is 2.03. The van der Waals surface area contributed by atoms with Crippen molar-refractivity contribution in [1.82, 2.24) is 9.62 Å². The zero-order chi connectivity index (χ0) is 23.2. The monoisotopic (exact) mass is 457 g/mol.